The summed E-state index contributed by atoms with van der Waals surface area (Å²) < 4.78 is 0. The number of nitrogens with zero attached hydrogens (tertiary/aromatic N) is 1. The van der Waals surface area contributed by atoms with Crippen molar-refractivity contribution >= 4 is 22.7 Å². The summed E-state index contributed by atoms with van der Waals surface area (Å²) >= 11 is 0. The summed E-state index contributed by atoms with van der Waals surface area (Å²) in [5, 5.41) is 10.1. The molecule has 0 radical (unpaired) electrons. The fourth-order valence-corrected chi connectivity index (χ4v) is 3.16. The number of aliphatic carboxylic acids is 1. The van der Waals surface area contributed by atoms with Crippen LogP contribution in [0.15, 0.2) is 30.5 Å². The zero-order valence-corrected chi connectivity index (χ0v) is 12.4. The van der Waals surface area contributed by atoms with Crippen LogP contribution in [-0.2, 0) is 4.79 Å². The van der Waals surface area contributed by atoms with Gasteiger partial charge in [0.2, 0.25) is 0 Å². The molecular weight excluding hydrogens is 280 g/mol. The Morgan fingerprint density at radius 3 is 2.95 bits per heavy atom. The number of carbonyl (C=O) groups excluding carboxylic acids is 1. The highest BCUT2D eigenvalue weighted by molar-refractivity contribution is 6.07. The van der Waals surface area contributed by atoms with E-state index >= 15 is 0 Å². The van der Waals surface area contributed by atoms with E-state index in [4.69, 9.17) is 5.11 Å². The molecule has 1 aromatic heterocycles. The predicted molar refractivity (Wildman–Crippen MR) is 84.0 cm³/mol. The van der Waals surface area contributed by atoms with Gasteiger partial charge in [-0.05, 0) is 25.5 Å². The third-order valence-electron chi connectivity index (χ3n) is 4.40. The standard InChI is InChI=1S/C17H20N2O3/c20-16(14-10-18-15-6-2-1-5-13(14)15)7-9-19-8-3-4-12(11-19)17(21)22/h1-2,5-6,10,12,18H,3-4,7-9,11H2,(H,21,22). The molecule has 0 amide bonds. The van der Waals surface area contributed by atoms with Crippen LogP contribution in [0, 0.1) is 5.92 Å². The van der Waals surface area contributed by atoms with Crippen molar-refractivity contribution in [2.45, 2.75) is 19.3 Å². The van der Waals surface area contributed by atoms with Crippen molar-refractivity contribution in [2.24, 2.45) is 5.92 Å². The minimum absolute atomic E-state index is 0.106. The number of aromatic nitrogens is 1. The lowest BCUT2D eigenvalue weighted by atomic mass is 9.98. The van der Waals surface area contributed by atoms with Gasteiger partial charge in [0.15, 0.2) is 5.78 Å². The maximum Gasteiger partial charge on any atom is 0.307 e. The quantitative estimate of drug-likeness (QED) is 0.832. The summed E-state index contributed by atoms with van der Waals surface area (Å²) in [6.45, 7) is 2.06. The molecule has 1 atom stereocenters. The first kappa shape index (κ1) is 14.8. The van der Waals surface area contributed by atoms with Crippen LogP contribution >= 0.6 is 0 Å². The van der Waals surface area contributed by atoms with Gasteiger partial charge in [-0.2, -0.15) is 0 Å². The Kier molecular flexibility index (Phi) is 4.24. The molecule has 5 heteroatoms. The van der Waals surface area contributed by atoms with E-state index < -0.39 is 5.97 Å². The number of rotatable bonds is 5. The highest BCUT2D eigenvalue weighted by Crippen LogP contribution is 2.20. The molecule has 116 valence electrons. The number of carboxylic acids is 1. The van der Waals surface area contributed by atoms with Crippen LogP contribution in [0.3, 0.4) is 0 Å². The number of Topliss-reactive ketones (excluding diaryl/α,β-unsaturated/α-hetero) is 1. The topological polar surface area (TPSA) is 73.4 Å². The molecule has 0 saturated carbocycles. The average molecular weight is 300 g/mol. The molecule has 2 aromatic rings. The Bertz CT molecular complexity index is 692. The number of carbonyl (C=O) groups is 2. The number of fused-ring (bicyclic) bond motifs is 1. The zero-order chi connectivity index (χ0) is 15.5. The van der Waals surface area contributed by atoms with Gasteiger partial charge < -0.3 is 15.0 Å². The van der Waals surface area contributed by atoms with E-state index in [1.54, 1.807) is 6.20 Å². The summed E-state index contributed by atoms with van der Waals surface area (Å²) in [6, 6.07) is 7.76. The molecule has 2 N–H and O–H groups in total. The minimum atomic E-state index is -0.729. The number of ketones is 1. The minimum Gasteiger partial charge on any atom is -0.481 e. The second kappa shape index (κ2) is 6.32. The number of nitrogens with one attached hydrogen (secondary N) is 1. The molecule has 5 nitrogen and oxygen atoms in total. The van der Waals surface area contributed by atoms with E-state index in [9.17, 15) is 9.59 Å². The number of benzene rings is 1. The van der Waals surface area contributed by atoms with Gasteiger partial charge in [-0.15, -0.1) is 0 Å². The van der Waals surface area contributed by atoms with Crippen molar-refractivity contribution in [3.05, 3.63) is 36.0 Å². The van der Waals surface area contributed by atoms with Crippen molar-refractivity contribution in [1.29, 1.82) is 0 Å². The van der Waals surface area contributed by atoms with Gasteiger partial charge in [0.25, 0.3) is 0 Å². The average Bonchev–Trinajstić information content (AvgIpc) is 2.97. The normalized spacial score (nSPS) is 19.4. The van der Waals surface area contributed by atoms with Gasteiger partial charge in [0.1, 0.15) is 0 Å². The first-order chi connectivity index (χ1) is 10.6. The molecule has 0 spiro atoms. The Hall–Kier alpha value is -2.14. The Morgan fingerprint density at radius 1 is 1.32 bits per heavy atom. The highest BCUT2D eigenvalue weighted by Gasteiger charge is 2.25. The third kappa shape index (κ3) is 3.04. The van der Waals surface area contributed by atoms with E-state index in [0.717, 1.165) is 35.9 Å². The SMILES string of the molecule is O=C(CCN1CCCC(C(=O)O)C1)c1c[nH]c2ccccc12. The van der Waals surface area contributed by atoms with Crippen LogP contribution in [0.5, 0.6) is 0 Å². The van der Waals surface area contributed by atoms with Crippen LogP contribution < -0.4 is 0 Å². The molecule has 1 saturated heterocycles. The Labute approximate surface area is 128 Å². The van der Waals surface area contributed by atoms with Gasteiger partial charge in [-0.25, -0.2) is 0 Å². The second-order valence-corrected chi connectivity index (χ2v) is 5.90. The van der Waals surface area contributed by atoms with E-state index in [1.165, 1.54) is 0 Å². The molecule has 1 fully saturated rings. The summed E-state index contributed by atoms with van der Waals surface area (Å²) in [7, 11) is 0. The van der Waals surface area contributed by atoms with Crippen LogP contribution in [0.2, 0.25) is 0 Å². The van der Waals surface area contributed by atoms with E-state index in [0.29, 0.717) is 19.5 Å². The molecule has 1 unspecified atom stereocenters. The smallest absolute Gasteiger partial charge is 0.307 e. The second-order valence-electron chi connectivity index (χ2n) is 5.90. The number of H-pyrrole nitrogens is 1. The van der Waals surface area contributed by atoms with Crippen LogP contribution in [0.1, 0.15) is 29.6 Å². The summed E-state index contributed by atoms with van der Waals surface area (Å²) in [5.74, 6) is -0.917. The summed E-state index contributed by atoms with van der Waals surface area (Å²) in [6.07, 6.45) is 3.82. The molecule has 0 aliphatic carbocycles. The van der Waals surface area contributed by atoms with Gasteiger partial charge in [0, 0.05) is 42.2 Å². The van der Waals surface area contributed by atoms with Crippen molar-refractivity contribution in [3.8, 4) is 0 Å². The van der Waals surface area contributed by atoms with Crippen molar-refractivity contribution in [1.82, 2.24) is 9.88 Å². The van der Waals surface area contributed by atoms with E-state index in [2.05, 4.69) is 9.88 Å². The third-order valence-corrected chi connectivity index (χ3v) is 4.40. The van der Waals surface area contributed by atoms with E-state index in [1.807, 2.05) is 24.3 Å². The number of hydrogen-bond acceptors (Lipinski definition) is 3. The van der Waals surface area contributed by atoms with Crippen molar-refractivity contribution < 1.29 is 14.7 Å². The van der Waals surface area contributed by atoms with Gasteiger partial charge in [0.05, 0.1) is 5.92 Å². The van der Waals surface area contributed by atoms with Crippen molar-refractivity contribution in [3.63, 3.8) is 0 Å². The molecule has 2 heterocycles. The molecule has 3 rings (SSSR count). The summed E-state index contributed by atoms with van der Waals surface area (Å²) in [5.41, 5.74) is 1.69. The molecule has 1 aromatic carbocycles. The number of piperidine rings is 1. The number of hydrogen-bond donors (Lipinski definition) is 2. The first-order valence-electron chi connectivity index (χ1n) is 7.69. The lowest BCUT2D eigenvalue weighted by Crippen LogP contribution is -2.39. The molecule has 22 heavy (non-hydrogen) atoms. The molecule has 1 aliphatic heterocycles. The number of para-hydroxylation sites is 1. The maximum atomic E-state index is 12.4. The van der Waals surface area contributed by atoms with E-state index in [-0.39, 0.29) is 11.7 Å². The van der Waals surface area contributed by atoms with Crippen molar-refractivity contribution in [2.75, 3.05) is 19.6 Å². The lowest BCUT2D eigenvalue weighted by molar-refractivity contribution is -0.143. The van der Waals surface area contributed by atoms with Crippen LogP contribution in [-0.4, -0.2) is 46.4 Å². The fraction of sp³-hybridized carbons (Fsp3) is 0.412. The van der Waals surface area contributed by atoms with Crippen LogP contribution in [0.25, 0.3) is 10.9 Å². The summed E-state index contributed by atoms with van der Waals surface area (Å²) in [4.78, 5) is 28.7. The number of aromatic amines is 1. The molecular formula is C17H20N2O3. The predicted octanol–water partition coefficient (Wildman–Crippen LogP) is 2.54. The fourth-order valence-electron chi connectivity index (χ4n) is 3.16. The maximum absolute atomic E-state index is 12.4. The lowest BCUT2D eigenvalue weighted by Gasteiger charge is -2.30. The highest BCUT2D eigenvalue weighted by atomic mass is 16.4. The van der Waals surface area contributed by atoms with Gasteiger partial charge >= 0.3 is 5.97 Å². The molecule has 0 bridgehead atoms. The van der Waals surface area contributed by atoms with Gasteiger partial charge in [-0.1, -0.05) is 18.2 Å². The molecule has 1 aliphatic rings. The number of likely N-dealkylation sites (tertiary alicyclic amines) is 1. The van der Waals surface area contributed by atoms with Crippen LogP contribution in [0.4, 0.5) is 0 Å². The largest absolute Gasteiger partial charge is 0.481 e. The Morgan fingerprint density at radius 2 is 2.14 bits per heavy atom. The van der Waals surface area contributed by atoms with Gasteiger partial charge in [-0.3, -0.25) is 9.59 Å². The first-order valence-corrected chi connectivity index (χ1v) is 7.69. The Balaban J connectivity index is 1.61. The number of carboxylic acid groups (broad SMARTS) is 1. The zero-order valence-electron chi connectivity index (χ0n) is 12.4. The monoisotopic (exact) mass is 300 g/mol.